The van der Waals surface area contributed by atoms with Gasteiger partial charge in [0.15, 0.2) is 0 Å². The maximum atomic E-state index is 14.8. The van der Waals surface area contributed by atoms with Gasteiger partial charge < -0.3 is 28.8 Å². The SMILES string of the molecule is CCO[C@@H]1C2=NC(CS2)c2ccc3c(c2)c(c(-c2cc([C@@H]4CCN5CCOCC5C4)cnc2[C@H](C)OC)n3CC)CC(C)(C)COC(=O)[C@@H]2CCCN(N2)C(=O)[C@H]1NC(=O)[C@@H]1C[C@H]1c1ccccn1. The van der Waals surface area contributed by atoms with E-state index in [4.69, 9.17) is 28.9 Å². The van der Waals surface area contributed by atoms with Crippen molar-refractivity contribution in [3.05, 3.63) is 82.9 Å². The van der Waals surface area contributed by atoms with Crippen LogP contribution in [-0.4, -0.2) is 130 Å². The van der Waals surface area contributed by atoms with Crippen molar-refractivity contribution in [1.29, 1.82) is 0 Å². The number of esters is 1. The highest BCUT2D eigenvalue weighted by atomic mass is 32.2. The van der Waals surface area contributed by atoms with Gasteiger partial charge >= 0.3 is 5.97 Å². The fraction of sp³-hybridized carbons (Fsp3) is 0.585. The smallest absolute Gasteiger partial charge is 0.324 e. The summed E-state index contributed by atoms with van der Waals surface area (Å²) < 4.78 is 27.1. The van der Waals surface area contributed by atoms with Crippen molar-refractivity contribution in [3.8, 4) is 11.3 Å². The number of carbonyl (C=O) groups excluding carboxylic acids is 3. The van der Waals surface area contributed by atoms with Gasteiger partial charge in [-0.1, -0.05) is 26.0 Å². The molecule has 16 heteroatoms. The molecule has 368 valence electrons. The molecule has 15 nitrogen and oxygen atoms in total. The zero-order valence-corrected chi connectivity index (χ0v) is 41.8. The van der Waals surface area contributed by atoms with E-state index in [9.17, 15) is 14.4 Å². The molecule has 5 aliphatic heterocycles. The predicted molar refractivity (Wildman–Crippen MR) is 266 cm³/mol. The zero-order valence-electron chi connectivity index (χ0n) is 40.9. The number of hydrazine groups is 1. The molecule has 2 unspecified atom stereocenters. The number of benzene rings is 1. The lowest BCUT2D eigenvalue weighted by molar-refractivity contribution is -0.156. The maximum absolute atomic E-state index is 14.8. The quantitative estimate of drug-likeness (QED) is 0.159. The van der Waals surface area contributed by atoms with Gasteiger partial charge in [-0.3, -0.25) is 39.3 Å². The number of thioether (sulfide) groups is 1. The Morgan fingerprint density at radius 1 is 1.06 bits per heavy atom. The molecule has 1 saturated carbocycles. The van der Waals surface area contributed by atoms with E-state index < -0.39 is 29.6 Å². The molecule has 4 aromatic rings. The zero-order chi connectivity index (χ0) is 48.0. The molecule has 3 aromatic heterocycles. The Morgan fingerprint density at radius 3 is 2.72 bits per heavy atom. The van der Waals surface area contributed by atoms with Crippen LogP contribution in [0.15, 0.2) is 59.9 Å². The summed E-state index contributed by atoms with van der Waals surface area (Å²) in [5.74, 6) is -0.389. The molecule has 1 aromatic carbocycles. The summed E-state index contributed by atoms with van der Waals surface area (Å²) in [5.41, 5.74) is 11.2. The number of nitrogens with one attached hydrogen (secondary N) is 2. The number of methoxy groups -OCH3 is 1. The van der Waals surface area contributed by atoms with Crippen LogP contribution in [0.1, 0.15) is 119 Å². The molecule has 6 aliphatic rings. The van der Waals surface area contributed by atoms with Crippen LogP contribution >= 0.6 is 11.8 Å². The largest absolute Gasteiger partial charge is 0.464 e. The first-order valence-corrected chi connectivity index (χ1v) is 26.2. The van der Waals surface area contributed by atoms with E-state index in [2.05, 4.69) is 83.4 Å². The highest BCUT2D eigenvalue weighted by Gasteiger charge is 2.48. The predicted octanol–water partition coefficient (Wildman–Crippen LogP) is 6.90. The molecule has 1 aliphatic carbocycles. The monoisotopic (exact) mass is 960 g/mol. The summed E-state index contributed by atoms with van der Waals surface area (Å²) >= 11 is 1.57. The minimum absolute atomic E-state index is 0.0293. The lowest BCUT2D eigenvalue weighted by Crippen LogP contribution is -2.63. The topological polar surface area (TPSA) is 162 Å². The molecule has 9 atom stereocenters. The van der Waals surface area contributed by atoms with Gasteiger partial charge in [-0.15, -0.1) is 11.8 Å². The molecular weight excluding hydrogens is 893 g/mol. The van der Waals surface area contributed by atoms with E-state index >= 15 is 0 Å². The normalized spacial score (nSPS) is 28.9. The van der Waals surface area contributed by atoms with Crippen molar-refractivity contribution >= 4 is 45.5 Å². The van der Waals surface area contributed by atoms with Crippen LogP contribution in [0.25, 0.3) is 22.2 Å². The fourth-order valence-corrected chi connectivity index (χ4v) is 12.6. The highest BCUT2D eigenvalue weighted by molar-refractivity contribution is 8.14. The Labute approximate surface area is 409 Å². The van der Waals surface area contributed by atoms with E-state index in [-0.39, 0.29) is 42.4 Å². The average Bonchev–Trinajstić information content (AvgIpc) is 3.94. The summed E-state index contributed by atoms with van der Waals surface area (Å²) in [5, 5.41) is 6.40. The number of piperidine rings is 1. The van der Waals surface area contributed by atoms with Crippen molar-refractivity contribution in [3.63, 3.8) is 0 Å². The number of aryl methyl sites for hydroxylation is 1. The number of hydrogen-bond donors (Lipinski definition) is 2. The number of hydrogen-bond acceptors (Lipinski definition) is 13. The number of aliphatic imine (C=N–C) groups is 1. The average molecular weight is 961 g/mol. The Balaban J connectivity index is 1.07. The molecule has 6 bridgehead atoms. The number of ether oxygens (including phenoxy) is 4. The van der Waals surface area contributed by atoms with Gasteiger partial charge in [0, 0.05) is 97.0 Å². The van der Waals surface area contributed by atoms with Crippen LogP contribution in [0.4, 0.5) is 0 Å². The Hall–Kier alpha value is -4.71. The number of pyridine rings is 2. The number of morpholine rings is 1. The third-order valence-electron chi connectivity index (χ3n) is 15.3. The number of cyclic esters (lactones) is 1. The molecule has 3 saturated heterocycles. The Morgan fingerprint density at radius 2 is 1.93 bits per heavy atom. The summed E-state index contributed by atoms with van der Waals surface area (Å²) in [7, 11) is 1.74. The highest BCUT2D eigenvalue weighted by Crippen LogP contribution is 2.48. The second-order valence-corrected chi connectivity index (χ2v) is 21.6. The van der Waals surface area contributed by atoms with Gasteiger partial charge in [0.2, 0.25) is 5.91 Å². The Bertz CT molecular complexity index is 2590. The van der Waals surface area contributed by atoms with Crippen molar-refractivity contribution in [2.45, 2.75) is 128 Å². The second-order valence-electron chi connectivity index (χ2n) is 20.5. The molecule has 0 spiro atoms. The number of amides is 2. The van der Waals surface area contributed by atoms with Crippen molar-refractivity contribution in [2.75, 3.05) is 58.9 Å². The number of aromatic nitrogens is 3. The Kier molecular flexibility index (Phi) is 14.0. The van der Waals surface area contributed by atoms with Crippen LogP contribution in [0.3, 0.4) is 0 Å². The number of nitrogens with zero attached hydrogens (tertiary/aromatic N) is 6. The van der Waals surface area contributed by atoms with E-state index in [0.717, 1.165) is 90.4 Å². The maximum Gasteiger partial charge on any atom is 0.324 e. The van der Waals surface area contributed by atoms with Crippen LogP contribution in [0.2, 0.25) is 0 Å². The minimum atomic E-state index is -1.10. The van der Waals surface area contributed by atoms with E-state index in [1.54, 1.807) is 25.1 Å². The number of rotatable bonds is 10. The third kappa shape index (κ3) is 9.73. The van der Waals surface area contributed by atoms with Crippen molar-refractivity contribution in [2.24, 2.45) is 16.3 Å². The second kappa shape index (κ2) is 20.2. The minimum Gasteiger partial charge on any atom is -0.464 e. The number of carbonyl (C=O) groups is 3. The van der Waals surface area contributed by atoms with Crippen LogP contribution in [-0.2, 0) is 46.3 Å². The van der Waals surface area contributed by atoms with Gasteiger partial charge in [-0.2, -0.15) is 0 Å². The van der Waals surface area contributed by atoms with Crippen LogP contribution < -0.4 is 10.7 Å². The van der Waals surface area contributed by atoms with Gasteiger partial charge in [0.05, 0.1) is 43.4 Å². The van der Waals surface area contributed by atoms with E-state index in [1.165, 1.54) is 10.6 Å². The first kappa shape index (κ1) is 47.9. The third-order valence-corrected chi connectivity index (χ3v) is 16.4. The first-order chi connectivity index (χ1) is 33.4. The molecule has 8 heterocycles. The van der Waals surface area contributed by atoms with Crippen LogP contribution in [0, 0.1) is 11.3 Å². The summed E-state index contributed by atoms with van der Waals surface area (Å²) in [6, 6.07) is 13.1. The van der Waals surface area contributed by atoms with Gasteiger partial charge in [0.1, 0.15) is 23.2 Å². The lowest BCUT2D eigenvalue weighted by Gasteiger charge is -2.42. The molecule has 4 fully saturated rings. The molecular formula is C53H68N8O7S. The summed E-state index contributed by atoms with van der Waals surface area (Å²) in [4.78, 5) is 60.8. The van der Waals surface area contributed by atoms with Gasteiger partial charge in [-0.25, -0.2) is 5.43 Å². The van der Waals surface area contributed by atoms with Gasteiger partial charge in [0.25, 0.3) is 5.91 Å². The first-order valence-electron chi connectivity index (χ1n) is 25.2. The molecule has 2 N–H and O–H groups in total. The molecule has 10 rings (SSSR count). The van der Waals surface area contributed by atoms with Crippen LogP contribution in [0.5, 0.6) is 0 Å². The number of fused-ring (bicyclic) bond motifs is 6. The van der Waals surface area contributed by atoms with Crippen molar-refractivity contribution in [1.82, 2.24) is 35.2 Å². The lowest BCUT2D eigenvalue weighted by atomic mass is 9.82. The summed E-state index contributed by atoms with van der Waals surface area (Å²) in [6.45, 7) is 15.6. The molecule has 0 radical (unpaired) electrons. The molecule has 69 heavy (non-hydrogen) atoms. The van der Waals surface area contributed by atoms with Crippen molar-refractivity contribution < 1.29 is 33.3 Å². The standard InChI is InChI=1S/C53H68N8O7S/c1-7-60-44-15-14-33-23-37(44)40(47(60)39-24-34(27-55-45(39)31(3)65-6)32-16-19-59-20-21-66-28-35(59)22-32)26-53(4,5)30-68-52(64)42-13-11-18-61(58-42)51(63)46(48(67-8-2)50-56-43(33)29-69-50)57-49(62)38-25-36(38)41-12-9-10-17-54-41/h9-10,12,14-15,17,23-24,27,31-32,35-36,38,42-43,46,48,58H,7-8,11,13,16,18-22,25-26,28-30H2,1-6H3,(H,57,62)/t31-,32+,35?,36+,38+,42-,43?,46-,48-/m0/s1. The molecule has 2 amide bonds. The summed E-state index contributed by atoms with van der Waals surface area (Å²) in [6.07, 6.45) is 7.12. The fourth-order valence-electron chi connectivity index (χ4n) is 11.4. The van der Waals surface area contributed by atoms with E-state index in [1.807, 2.05) is 25.1 Å². The van der Waals surface area contributed by atoms with Gasteiger partial charge in [-0.05, 0) is 119 Å². The van der Waals surface area contributed by atoms with E-state index in [0.29, 0.717) is 61.6 Å².